The molecule has 0 N–H and O–H groups in total. The Bertz CT molecular complexity index is 963. The number of hydrogen-bond acceptors (Lipinski definition) is 5. The molecule has 1 aromatic carbocycles. The van der Waals surface area contributed by atoms with Gasteiger partial charge in [0, 0.05) is 49.7 Å². The Kier molecular flexibility index (Phi) is 5.25. The summed E-state index contributed by atoms with van der Waals surface area (Å²) in [5.41, 5.74) is 0.980. The van der Waals surface area contributed by atoms with Crippen molar-refractivity contribution in [2.24, 2.45) is 0 Å². The molecule has 0 aliphatic carbocycles. The molecule has 0 atom stereocenters. The van der Waals surface area contributed by atoms with E-state index < -0.39 is 0 Å². The molecule has 1 fully saturated rings. The summed E-state index contributed by atoms with van der Waals surface area (Å²) in [7, 11) is 0. The van der Waals surface area contributed by atoms with Gasteiger partial charge in [-0.15, -0.1) is 0 Å². The largest absolute Gasteiger partial charge is 0.353 e. The smallest absolute Gasteiger partial charge is 0.227 e. The molecule has 1 saturated heterocycles. The highest BCUT2D eigenvalue weighted by atomic mass is 35.5. The highest BCUT2D eigenvalue weighted by Crippen LogP contribution is 2.18. The quantitative estimate of drug-likeness (QED) is 0.677. The van der Waals surface area contributed by atoms with E-state index in [1.54, 1.807) is 12.5 Å². The van der Waals surface area contributed by atoms with Crippen LogP contribution in [-0.4, -0.2) is 56.5 Å². The lowest BCUT2D eigenvalue weighted by Gasteiger charge is -2.35. The molecule has 144 valence electrons. The van der Waals surface area contributed by atoms with Gasteiger partial charge in [0.15, 0.2) is 0 Å². The van der Waals surface area contributed by atoms with Crippen molar-refractivity contribution in [3.8, 4) is 5.82 Å². The van der Waals surface area contributed by atoms with E-state index in [-0.39, 0.29) is 5.91 Å². The zero-order valence-corrected chi connectivity index (χ0v) is 16.4. The molecule has 8 heteroatoms. The van der Waals surface area contributed by atoms with Gasteiger partial charge in [0.2, 0.25) is 5.91 Å². The predicted octanol–water partition coefficient (Wildman–Crippen LogP) is 2.52. The number of anilines is 1. The number of benzene rings is 1. The van der Waals surface area contributed by atoms with E-state index in [2.05, 4.69) is 19.9 Å². The zero-order valence-electron chi connectivity index (χ0n) is 15.6. The number of carbonyl (C=O) groups excluding carboxylic acids is 1. The Hall–Kier alpha value is -2.93. The van der Waals surface area contributed by atoms with Crippen molar-refractivity contribution < 1.29 is 4.79 Å². The van der Waals surface area contributed by atoms with Crippen LogP contribution < -0.4 is 4.90 Å². The van der Waals surface area contributed by atoms with E-state index in [1.807, 2.05) is 52.9 Å². The number of rotatable bonds is 4. The molecular formula is C20H21ClN6O. The molecule has 7 nitrogen and oxygen atoms in total. The first kappa shape index (κ1) is 18.4. The third-order valence-corrected chi connectivity index (χ3v) is 5.19. The Morgan fingerprint density at radius 3 is 2.43 bits per heavy atom. The van der Waals surface area contributed by atoms with Crippen molar-refractivity contribution in [1.82, 2.24) is 24.4 Å². The number of halogens is 1. The number of aryl methyl sites for hydroxylation is 1. The SMILES string of the molecule is Cc1nccn1-c1cc(N2CCN(C(=O)Cc3ccc(Cl)cc3)CC2)ncn1. The molecule has 2 aromatic heterocycles. The van der Waals surface area contributed by atoms with Gasteiger partial charge in [-0.05, 0) is 24.6 Å². The normalized spacial score (nSPS) is 14.4. The second kappa shape index (κ2) is 7.98. The van der Waals surface area contributed by atoms with Crippen molar-refractivity contribution in [3.05, 3.63) is 65.5 Å². The van der Waals surface area contributed by atoms with Gasteiger partial charge in [0.25, 0.3) is 0 Å². The fraction of sp³-hybridized carbons (Fsp3) is 0.300. The first-order valence-corrected chi connectivity index (χ1v) is 9.57. The molecular weight excluding hydrogens is 376 g/mol. The Balaban J connectivity index is 1.38. The fourth-order valence-corrected chi connectivity index (χ4v) is 3.46. The minimum atomic E-state index is 0.138. The van der Waals surface area contributed by atoms with Crippen LogP contribution in [-0.2, 0) is 11.2 Å². The Morgan fingerprint density at radius 2 is 1.75 bits per heavy atom. The minimum Gasteiger partial charge on any atom is -0.353 e. The van der Waals surface area contributed by atoms with Crippen LogP contribution in [0.1, 0.15) is 11.4 Å². The van der Waals surface area contributed by atoms with Gasteiger partial charge < -0.3 is 9.80 Å². The van der Waals surface area contributed by atoms with E-state index in [9.17, 15) is 4.79 Å². The number of amides is 1. The highest BCUT2D eigenvalue weighted by molar-refractivity contribution is 6.30. The van der Waals surface area contributed by atoms with Gasteiger partial charge in [-0.3, -0.25) is 9.36 Å². The van der Waals surface area contributed by atoms with Crippen LogP contribution in [0.25, 0.3) is 5.82 Å². The maximum absolute atomic E-state index is 12.6. The summed E-state index contributed by atoms with van der Waals surface area (Å²) < 4.78 is 1.93. The maximum Gasteiger partial charge on any atom is 0.227 e. The molecule has 1 amide bonds. The number of nitrogens with zero attached hydrogens (tertiary/aromatic N) is 6. The molecule has 1 aliphatic heterocycles. The topological polar surface area (TPSA) is 67.2 Å². The molecule has 4 rings (SSSR count). The van der Waals surface area contributed by atoms with Gasteiger partial charge in [0.05, 0.1) is 6.42 Å². The van der Waals surface area contributed by atoms with E-state index in [4.69, 9.17) is 11.6 Å². The molecule has 3 heterocycles. The molecule has 0 unspecified atom stereocenters. The van der Waals surface area contributed by atoms with Crippen LogP contribution in [0.15, 0.2) is 49.1 Å². The third kappa shape index (κ3) is 3.99. The fourth-order valence-electron chi connectivity index (χ4n) is 3.34. The lowest BCUT2D eigenvalue weighted by atomic mass is 10.1. The Labute approximate surface area is 168 Å². The van der Waals surface area contributed by atoms with E-state index >= 15 is 0 Å². The Morgan fingerprint density at radius 1 is 1.04 bits per heavy atom. The average Bonchev–Trinajstić information content (AvgIpc) is 3.16. The van der Waals surface area contributed by atoms with Crippen LogP contribution in [0.5, 0.6) is 0 Å². The van der Waals surface area contributed by atoms with Gasteiger partial charge in [-0.2, -0.15) is 0 Å². The van der Waals surface area contributed by atoms with Crippen molar-refractivity contribution in [2.45, 2.75) is 13.3 Å². The summed E-state index contributed by atoms with van der Waals surface area (Å²) in [5.74, 6) is 2.67. The predicted molar refractivity (Wildman–Crippen MR) is 108 cm³/mol. The highest BCUT2D eigenvalue weighted by Gasteiger charge is 2.22. The minimum absolute atomic E-state index is 0.138. The summed E-state index contributed by atoms with van der Waals surface area (Å²) in [6.07, 6.45) is 5.61. The first-order valence-electron chi connectivity index (χ1n) is 9.20. The monoisotopic (exact) mass is 396 g/mol. The van der Waals surface area contributed by atoms with Crippen molar-refractivity contribution in [3.63, 3.8) is 0 Å². The van der Waals surface area contributed by atoms with Crippen LogP contribution in [0.2, 0.25) is 5.02 Å². The first-order chi connectivity index (χ1) is 13.6. The van der Waals surface area contributed by atoms with Crippen LogP contribution >= 0.6 is 11.6 Å². The van der Waals surface area contributed by atoms with Crippen LogP contribution in [0.4, 0.5) is 5.82 Å². The number of piperazine rings is 1. The van der Waals surface area contributed by atoms with Gasteiger partial charge >= 0.3 is 0 Å². The third-order valence-electron chi connectivity index (χ3n) is 4.94. The molecule has 28 heavy (non-hydrogen) atoms. The summed E-state index contributed by atoms with van der Waals surface area (Å²) in [4.78, 5) is 29.7. The second-order valence-electron chi connectivity index (χ2n) is 6.75. The van der Waals surface area contributed by atoms with Gasteiger partial charge in [-0.1, -0.05) is 23.7 Å². The summed E-state index contributed by atoms with van der Waals surface area (Å²) in [6, 6.07) is 9.39. The number of carbonyl (C=O) groups is 1. The average molecular weight is 397 g/mol. The second-order valence-corrected chi connectivity index (χ2v) is 7.19. The summed E-state index contributed by atoms with van der Waals surface area (Å²) >= 11 is 5.91. The number of aromatic nitrogens is 4. The van der Waals surface area contributed by atoms with Crippen LogP contribution in [0, 0.1) is 6.92 Å². The molecule has 0 saturated carbocycles. The van der Waals surface area contributed by atoms with E-state index in [0.717, 1.165) is 36.1 Å². The molecule has 0 spiro atoms. The lowest BCUT2D eigenvalue weighted by molar-refractivity contribution is -0.130. The maximum atomic E-state index is 12.6. The standard InChI is InChI=1S/C20H21ClN6O/c1-15-22-6-7-27(15)19-13-18(23-14-24-19)25-8-10-26(11-9-25)20(28)12-16-2-4-17(21)5-3-16/h2-7,13-14H,8-12H2,1H3. The van der Waals surface area contributed by atoms with Gasteiger partial charge in [-0.25, -0.2) is 15.0 Å². The van der Waals surface area contributed by atoms with Gasteiger partial charge in [0.1, 0.15) is 23.8 Å². The number of hydrogen-bond donors (Lipinski definition) is 0. The zero-order chi connectivity index (χ0) is 19.5. The van der Waals surface area contributed by atoms with E-state index in [0.29, 0.717) is 24.5 Å². The van der Waals surface area contributed by atoms with Crippen LogP contribution in [0.3, 0.4) is 0 Å². The van der Waals surface area contributed by atoms with Crippen molar-refractivity contribution in [1.29, 1.82) is 0 Å². The molecule has 0 bridgehead atoms. The summed E-state index contributed by atoms with van der Waals surface area (Å²) in [6.45, 7) is 4.77. The number of imidazole rings is 1. The van der Waals surface area contributed by atoms with Crippen molar-refractivity contribution in [2.75, 3.05) is 31.1 Å². The van der Waals surface area contributed by atoms with E-state index in [1.165, 1.54) is 0 Å². The molecule has 1 aliphatic rings. The van der Waals surface area contributed by atoms with Crippen molar-refractivity contribution >= 4 is 23.3 Å². The lowest BCUT2D eigenvalue weighted by Crippen LogP contribution is -2.49. The molecule has 3 aromatic rings. The summed E-state index contributed by atoms with van der Waals surface area (Å²) in [5, 5.41) is 0.680. The molecule has 0 radical (unpaired) electrons.